The van der Waals surface area contributed by atoms with Crippen LogP contribution in [0.1, 0.15) is 18.2 Å². The number of ether oxygens (including phenoxy) is 1. The molecule has 0 saturated carbocycles. The fourth-order valence-corrected chi connectivity index (χ4v) is 5.06. The topological polar surface area (TPSA) is 118 Å². The van der Waals surface area contributed by atoms with Crippen molar-refractivity contribution in [3.63, 3.8) is 0 Å². The lowest BCUT2D eigenvalue weighted by atomic mass is 10.1. The second-order valence-electron chi connectivity index (χ2n) is 9.24. The van der Waals surface area contributed by atoms with Crippen molar-refractivity contribution in [2.45, 2.75) is 31.0 Å². The summed E-state index contributed by atoms with van der Waals surface area (Å²) in [7, 11) is -3.93. The Kier molecular flexibility index (Phi) is 10.1. The minimum absolute atomic E-state index is 0.0481. The van der Waals surface area contributed by atoms with E-state index in [-0.39, 0.29) is 35.3 Å². The van der Waals surface area contributed by atoms with Crippen LogP contribution in [0.2, 0.25) is 5.02 Å². The molecule has 218 valence electrons. The molecule has 1 heterocycles. The molecule has 12 heteroatoms. The lowest BCUT2D eigenvalue weighted by Gasteiger charge is -2.28. The molecule has 0 unspecified atom stereocenters. The van der Waals surface area contributed by atoms with Gasteiger partial charge in [-0.25, -0.2) is 12.8 Å². The number of hydrogen-bond donors (Lipinski definition) is 2. The lowest BCUT2D eigenvalue weighted by Crippen LogP contribution is -2.48. The number of sulfonamides is 1. The molecule has 9 nitrogen and oxygen atoms in total. The van der Waals surface area contributed by atoms with Crippen molar-refractivity contribution in [1.82, 2.24) is 15.2 Å². The first-order valence-corrected chi connectivity index (χ1v) is 14.7. The number of carbonyl (C=O) groups is 2. The number of nitrogens with one attached hydrogen (secondary N) is 2. The number of nitrogens with zero attached hydrogens (tertiary/aromatic N) is 2. The molecule has 0 fully saturated rings. The molecular weight excluding hydrogens is 583 g/mol. The summed E-state index contributed by atoms with van der Waals surface area (Å²) in [6.07, 6.45) is 1.63. The zero-order valence-corrected chi connectivity index (χ0v) is 24.1. The van der Waals surface area contributed by atoms with Crippen LogP contribution >= 0.6 is 11.6 Å². The van der Waals surface area contributed by atoms with Gasteiger partial charge in [-0.05, 0) is 85.3 Å². The van der Waals surface area contributed by atoms with Gasteiger partial charge in [0.2, 0.25) is 5.91 Å². The first-order chi connectivity index (χ1) is 20.1. The molecule has 0 aliphatic carbocycles. The monoisotopic (exact) mass is 610 g/mol. The number of amides is 2. The Labute approximate surface area is 248 Å². The van der Waals surface area contributed by atoms with Crippen LogP contribution in [0.15, 0.2) is 102 Å². The van der Waals surface area contributed by atoms with E-state index in [1.807, 2.05) is 6.07 Å². The van der Waals surface area contributed by atoms with Crippen molar-refractivity contribution in [2.75, 3.05) is 11.3 Å². The first kappa shape index (κ1) is 30.5. The molecule has 2 N–H and O–H groups in total. The number of carbonyl (C=O) groups excluding carboxylic acids is 2. The Morgan fingerprint density at radius 2 is 1.67 bits per heavy atom. The SMILES string of the molecule is C[C@H](C(=O)NCc1ccccn1)N(Cc1ccc(Cl)cc1)C(=O)COc1ccc(S(=O)(=O)Nc2ccc(F)cc2)cc1. The standard InChI is InChI=1S/C30H28ClFN4O5S/c1-21(30(38)34-18-26-4-2-3-17-33-26)36(19-22-5-7-23(31)8-6-22)29(37)20-41-27-13-15-28(16-14-27)42(39,40)35-25-11-9-24(32)10-12-25/h2-17,21,35H,18-20H2,1H3,(H,34,38)/t21-/m1/s1. The molecular formula is C30H28ClFN4O5S. The van der Waals surface area contributed by atoms with Crippen LogP contribution in [0, 0.1) is 5.82 Å². The highest BCUT2D eigenvalue weighted by Gasteiger charge is 2.26. The summed E-state index contributed by atoms with van der Waals surface area (Å²) in [5.74, 6) is -1.06. The zero-order chi connectivity index (χ0) is 30.1. The summed E-state index contributed by atoms with van der Waals surface area (Å²) < 4.78 is 46.5. The Hall–Kier alpha value is -4.48. The minimum Gasteiger partial charge on any atom is -0.484 e. The van der Waals surface area contributed by atoms with E-state index in [0.717, 1.165) is 17.7 Å². The molecule has 0 saturated heterocycles. The molecule has 1 aromatic heterocycles. The van der Waals surface area contributed by atoms with Gasteiger partial charge in [0.25, 0.3) is 15.9 Å². The van der Waals surface area contributed by atoms with E-state index in [2.05, 4.69) is 15.0 Å². The van der Waals surface area contributed by atoms with Crippen LogP contribution in [0.3, 0.4) is 0 Å². The average molecular weight is 611 g/mol. The maximum absolute atomic E-state index is 13.3. The van der Waals surface area contributed by atoms with Gasteiger partial charge in [-0.3, -0.25) is 19.3 Å². The first-order valence-electron chi connectivity index (χ1n) is 12.8. The van der Waals surface area contributed by atoms with Gasteiger partial charge in [-0.1, -0.05) is 29.8 Å². The highest BCUT2D eigenvalue weighted by Crippen LogP contribution is 2.20. The van der Waals surface area contributed by atoms with Crippen molar-refractivity contribution in [1.29, 1.82) is 0 Å². The molecule has 1 atom stereocenters. The van der Waals surface area contributed by atoms with Crippen molar-refractivity contribution in [3.05, 3.63) is 119 Å². The number of aromatic nitrogens is 1. The third-order valence-corrected chi connectivity index (χ3v) is 7.85. The molecule has 4 aromatic rings. The summed E-state index contributed by atoms with van der Waals surface area (Å²) in [5.41, 5.74) is 1.65. The van der Waals surface area contributed by atoms with Crippen LogP contribution in [0.4, 0.5) is 10.1 Å². The number of halogens is 2. The number of hydrogen-bond acceptors (Lipinski definition) is 6. The molecule has 0 aliphatic rings. The van der Waals surface area contributed by atoms with Crippen LogP contribution in [-0.4, -0.2) is 42.8 Å². The Morgan fingerprint density at radius 1 is 0.976 bits per heavy atom. The van der Waals surface area contributed by atoms with Gasteiger partial charge in [0, 0.05) is 23.5 Å². The van der Waals surface area contributed by atoms with E-state index in [0.29, 0.717) is 10.7 Å². The highest BCUT2D eigenvalue weighted by molar-refractivity contribution is 7.92. The van der Waals surface area contributed by atoms with Crippen LogP contribution in [0.25, 0.3) is 0 Å². The van der Waals surface area contributed by atoms with Crippen LogP contribution in [-0.2, 0) is 32.7 Å². The number of pyridine rings is 1. The largest absolute Gasteiger partial charge is 0.484 e. The summed E-state index contributed by atoms with van der Waals surface area (Å²) in [5, 5.41) is 3.35. The second-order valence-corrected chi connectivity index (χ2v) is 11.4. The van der Waals surface area contributed by atoms with Crippen LogP contribution < -0.4 is 14.8 Å². The van der Waals surface area contributed by atoms with E-state index in [4.69, 9.17) is 16.3 Å². The van der Waals surface area contributed by atoms with Crippen molar-refractivity contribution < 1.29 is 27.1 Å². The van der Waals surface area contributed by atoms with Gasteiger partial charge in [-0.15, -0.1) is 0 Å². The third kappa shape index (κ3) is 8.51. The summed E-state index contributed by atoms with van der Waals surface area (Å²) in [6, 6.07) is 21.8. The molecule has 0 radical (unpaired) electrons. The summed E-state index contributed by atoms with van der Waals surface area (Å²) in [6.45, 7) is 1.55. The molecule has 0 spiro atoms. The molecule has 42 heavy (non-hydrogen) atoms. The summed E-state index contributed by atoms with van der Waals surface area (Å²) >= 11 is 6.00. The van der Waals surface area contributed by atoms with Crippen LogP contribution in [0.5, 0.6) is 5.75 Å². The fraction of sp³-hybridized carbons (Fsp3) is 0.167. The minimum atomic E-state index is -3.93. The molecule has 4 rings (SSSR count). The van der Waals surface area contributed by atoms with Gasteiger partial charge in [0.15, 0.2) is 6.61 Å². The fourth-order valence-electron chi connectivity index (χ4n) is 3.87. The van der Waals surface area contributed by atoms with Gasteiger partial charge in [0.1, 0.15) is 17.6 Å². The van der Waals surface area contributed by atoms with Gasteiger partial charge in [0.05, 0.1) is 17.1 Å². The van der Waals surface area contributed by atoms with E-state index < -0.39 is 34.4 Å². The normalized spacial score (nSPS) is 11.8. The smallest absolute Gasteiger partial charge is 0.261 e. The Balaban J connectivity index is 1.41. The van der Waals surface area contributed by atoms with E-state index in [1.54, 1.807) is 49.5 Å². The zero-order valence-electron chi connectivity index (χ0n) is 22.5. The van der Waals surface area contributed by atoms with E-state index >= 15 is 0 Å². The Morgan fingerprint density at radius 3 is 2.31 bits per heavy atom. The maximum Gasteiger partial charge on any atom is 0.261 e. The lowest BCUT2D eigenvalue weighted by molar-refractivity contribution is -0.142. The third-order valence-electron chi connectivity index (χ3n) is 6.20. The van der Waals surface area contributed by atoms with Crippen molar-refractivity contribution in [2.24, 2.45) is 0 Å². The van der Waals surface area contributed by atoms with Crippen molar-refractivity contribution in [3.8, 4) is 5.75 Å². The van der Waals surface area contributed by atoms with E-state index in [9.17, 15) is 22.4 Å². The van der Waals surface area contributed by atoms with Crippen molar-refractivity contribution >= 4 is 39.1 Å². The second kappa shape index (κ2) is 13.9. The molecule has 0 bridgehead atoms. The van der Waals surface area contributed by atoms with Gasteiger partial charge < -0.3 is 15.0 Å². The summed E-state index contributed by atoms with van der Waals surface area (Å²) in [4.78, 5) is 31.8. The van der Waals surface area contributed by atoms with Gasteiger partial charge >= 0.3 is 0 Å². The predicted molar refractivity (Wildman–Crippen MR) is 157 cm³/mol. The quantitative estimate of drug-likeness (QED) is 0.238. The molecule has 0 aliphatic heterocycles. The predicted octanol–water partition coefficient (Wildman–Crippen LogP) is 4.79. The van der Waals surface area contributed by atoms with Gasteiger partial charge in [-0.2, -0.15) is 0 Å². The number of benzene rings is 3. The number of anilines is 1. The number of rotatable bonds is 12. The average Bonchev–Trinajstić information content (AvgIpc) is 3.00. The maximum atomic E-state index is 13.3. The highest BCUT2D eigenvalue weighted by atomic mass is 35.5. The molecule has 2 amide bonds. The molecule has 3 aromatic carbocycles. The van der Waals surface area contributed by atoms with E-state index in [1.165, 1.54) is 41.3 Å². The Bertz CT molecular complexity index is 1600.